The summed E-state index contributed by atoms with van der Waals surface area (Å²) in [5.74, 6) is -0.413. The van der Waals surface area contributed by atoms with Gasteiger partial charge in [-0.25, -0.2) is 0 Å². The maximum atomic E-state index is 13.4. The quantitative estimate of drug-likeness (QED) is 0.513. The van der Waals surface area contributed by atoms with Gasteiger partial charge in [0.15, 0.2) is 0 Å². The number of hydrogen-bond donors (Lipinski definition) is 1. The van der Waals surface area contributed by atoms with Crippen molar-refractivity contribution in [2.45, 2.75) is 6.04 Å². The van der Waals surface area contributed by atoms with Crippen LogP contribution >= 0.6 is 31.9 Å². The van der Waals surface area contributed by atoms with Gasteiger partial charge in [0.2, 0.25) is 5.91 Å². The van der Waals surface area contributed by atoms with Crippen LogP contribution in [0.2, 0.25) is 0 Å². The molecule has 1 N–H and O–H groups in total. The van der Waals surface area contributed by atoms with Crippen molar-refractivity contribution in [1.29, 1.82) is 0 Å². The van der Waals surface area contributed by atoms with Gasteiger partial charge in [-0.3, -0.25) is 9.59 Å². The molecule has 1 atom stereocenters. The van der Waals surface area contributed by atoms with Crippen molar-refractivity contribution in [3.05, 3.63) is 98.4 Å². The molecule has 2 amide bonds. The third-order valence-electron chi connectivity index (χ3n) is 4.66. The van der Waals surface area contributed by atoms with E-state index in [4.69, 9.17) is 0 Å². The van der Waals surface area contributed by atoms with E-state index in [1.165, 1.54) is 0 Å². The van der Waals surface area contributed by atoms with Gasteiger partial charge in [0.25, 0.3) is 5.91 Å². The van der Waals surface area contributed by atoms with Crippen molar-refractivity contribution in [2.24, 2.45) is 0 Å². The van der Waals surface area contributed by atoms with Crippen LogP contribution in [-0.4, -0.2) is 23.3 Å². The molecule has 4 rings (SSSR count). The van der Waals surface area contributed by atoms with Crippen molar-refractivity contribution < 1.29 is 9.59 Å². The predicted molar refractivity (Wildman–Crippen MR) is 116 cm³/mol. The van der Waals surface area contributed by atoms with Crippen LogP contribution in [-0.2, 0) is 4.79 Å². The first-order valence-corrected chi connectivity index (χ1v) is 10.3. The van der Waals surface area contributed by atoms with E-state index in [0.717, 1.165) is 20.1 Å². The first-order valence-electron chi connectivity index (χ1n) is 8.74. The minimum absolute atomic E-state index is 0.0305. The predicted octanol–water partition coefficient (Wildman–Crippen LogP) is 5.40. The average Bonchev–Trinajstić information content (AvgIpc) is 2.83. The molecule has 1 aliphatic rings. The van der Waals surface area contributed by atoms with Gasteiger partial charge in [-0.2, -0.15) is 0 Å². The number of carbonyl (C=O) groups excluding carboxylic acids is 2. The van der Waals surface area contributed by atoms with E-state index in [1.807, 2.05) is 60.7 Å². The van der Waals surface area contributed by atoms with Crippen molar-refractivity contribution in [1.82, 2.24) is 4.90 Å². The van der Waals surface area contributed by atoms with Crippen molar-refractivity contribution in [3.8, 4) is 0 Å². The highest BCUT2D eigenvalue weighted by molar-refractivity contribution is 9.10. The van der Waals surface area contributed by atoms with Crippen LogP contribution in [0.1, 0.15) is 27.5 Å². The summed E-state index contributed by atoms with van der Waals surface area (Å²) in [6.07, 6.45) is 0. The number of nitrogens with zero attached hydrogens (tertiary/aromatic N) is 1. The topological polar surface area (TPSA) is 49.4 Å². The third kappa shape index (κ3) is 3.75. The Morgan fingerprint density at radius 1 is 0.929 bits per heavy atom. The number of hydrogen-bond acceptors (Lipinski definition) is 2. The second kappa shape index (κ2) is 7.89. The summed E-state index contributed by atoms with van der Waals surface area (Å²) in [5.41, 5.74) is 3.06. The second-order valence-electron chi connectivity index (χ2n) is 6.54. The Balaban J connectivity index is 1.89. The van der Waals surface area contributed by atoms with Crippen LogP contribution in [0.5, 0.6) is 0 Å². The van der Waals surface area contributed by atoms with Crippen molar-refractivity contribution in [3.63, 3.8) is 0 Å². The number of fused-ring (bicyclic) bond motifs is 1. The Labute approximate surface area is 179 Å². The smallest absolute Gasteiger partial charge is 0.255 e. The zero-order chi connectivity index (χ0) is 19.7. The molecule has 0 radical (unpaired) electrons. The van der Waals surface area contributed by atoms with E-state index >= 15 is 0 Å². The highest BCUT2D eigenvalue weighted by Crippen LogP contribution is 2.38. The lowest BCUT2D eigenvalue weighted by Gasteiger charge is -2.30. The molecular formula is C22H16Br2N2O2. The molecule has 0 saturated carbocycles. The molecule has 28 heavy (non-hydrogen) atoms. The summed E-state index contributed by atoms with van der Waals surface area (Å²) in [4.78, 5) is 27.7. The molecule has 0 aliphatic carbocycles. The van der Waals surface area contributed by atoms with E-state index in [0.29, 0.717) is 11.3 Å². The highest BCUT2D eigenvalue weighted by atomic mass is 79.9. The van der Waals surface area contributed by atoms with Gasteiger partial charge >= 0.3 is 0 Å². The van der Waals surface area contributed by atoms with E-state index in [-0.39, 0.29) is 24.4 Å². The largest absolute Gasteiger partial charge is 0.324 e. The third-order valence-corrected chi connectivity index (χ3v) is 5.64. The molecule has 0 fully saturated rings. The molecule has 3 aromatic carbocycles. The van der Waals surface area contributed by atoms with Crippen LogP contribution in [0, 0.1) is 0 Å². The molecule has 0 spiro atoms. The summed E-state index contributed by atoms with van der Waals surface area (Å²) >= 11 is 6.94. The zero-order valence-corrected chi connectivity index (χ0v) is 17.9. The van der Waals surface area contributed by atoms with E-state index in [9.17, 15) is 9.59 Å². The number of anilines is 1. The highest BCUT2D eigenvalue weighted by Gasteiger charge is 2.34. The molecular weight excluding hydrogens is 484 g/mol. The van der Waals surface area contributed by atoms with E-state index < -0.39 is 0 Å². The Morgan fingerprint density at radius 2 is 1.68 bits per heavy atom. The lowest BCUT2D eigenvalue weighted by Crippen LogP contribution is -2.39. The van der Waals surface area contributed by atoms with E-state index in [1.54, 1.807) is 17.0 Å². The lowest BCUT2D eigenvalue weighted by atomic mass is 9.95. The number of benzene rings is 3. The van der Waals surface area contributed by atoms with Gasteiger partial charge in [0.1, 0.15) is 6.54 Å². The first kappa shape index (κ1) is 18.9. The summed E-state index contributed by atoms with van der Waals surface area (Å²) in [7, 11) is 0. The Bertz CT molecular complexity index is 1050. The van der Waals surface area contributed by atoms with Crippen molar-refractivity contribution >= 4 is 49.4 Å². The van der Waals surface area contributed by atoms with Crippen LogP contribution in [0.25, 0.3) is 0 Å². The van der Waals surface area contributed by atoms with Crippen LogP contribution in [0.15, 0.2) is 81.7 Å². The summed E-state index contributed by atoms with van der Waals surface area (Å²) in [6, 6.07) is 22.3. The van der Waals surface area contributed by atoms with Gasteiger partial charge in [-0.15, -0.1) is 0 Å². The maximum Gasteiger partial charge on any atom is 0.255 e. The average molecular weight is 500 g/mol. The number of carbonyl (C=O) groups is 2. The molecule has 6 heteroatoms. The number of rotatable bonds is 2. The molecule has 0 unspecified atom stereocenters. The Kier molecular flexibility index (Phi) is 5.33. The first-order chi connectivity index (χ1) is 13.5. The van der Waals surface area contributed by atoms with Gasteiger partial charge in [0, 0.05) is 25.8 Å². The van der Waals surface area contributed by atoms with Crippen LogP contribution in [0.3, 0.4) is 0 Å². The minimum atomic E-state index is -0.390. The number of nitrogens with one attached hydrogen (secondary N) is 1. The molecule has 1 aliphatic heterocycles. The standard InChI is InChI=1S/C22H16Br2N2O2/c23-16-8-4-7-15(11-16)22(28)26-13-20(27)25-19-10-9-17(24)12-18(19)21(26)14-5-2-1-3-6-14/h1-12,21H,13H2,(H,25,27)/t21-/m0/s1. The summed E-state index contributed by atoms with van der Waals surface area (Å²) in [6.45, 7) is -0.0305. The SMILES string of the molecule is O=C1CN(C(=O)c2cccc(Br)c2)[C@@H](c2ccccc2)c2cc(Br)ccc2N1. The number of amides is 2. The molecule has 0 aromatic heterocycles. The van der Waals surface area contributed by atoms with Crippen LogP contribution < -0.4 is 5.32 Å². The van der Waals surface area contributed by atoms with Crippen LogP contribution in [0.4, 0.5) is 5.69 Å². The lowest BCUT2D eigenvalue weighted by molar-refractivity contribution is -0.117. The monoisotopic (exact) mass is 498 g/mol. The second-order valence-corrected chi connectivity index (χ2v) is 8.37. The number of halogens is 2. The maximum absolute atomic E-state index is 13.4. The molecule has 3 aromatic rings. The van der Waals surface area contributed by atoms with Gasteiger partial charge in [-0.1, -0.05) is 68.3 Å². The zero-order valence-electron chi connectivity index (χ0n) is 14.7. The fraction of sp³-hybridized carbons (Fsp3) is 0.0909. The fourth-order valence-corrected chi connectivity index (χ4v) is 4.23. The van der Waals surface area contributed by atoms with Gasteiger partial charge in [-0.05, 0) is 42.0 Å². The fourth-order valence-electron chi connectivity index (χ4n) is 3.45. The molecule has 4 nitrogen and oxygen atoms in total. The Morgan fingerprint density at radius 3 is 2.43 bits per heavy atom. The minimum Gasteiger partial charge on any atom is -0.324 e. The summed E-state index contributed by atoms with van der Waals surface area (Å²) in [5, 5.41) is 2.93. The Hall–Kier alpha value is -2.44. The molecule has 1 heterocycles. The van der Waals surface area contributed by atoms with Gasteiger partial charge < -0.3 is 10.2 Å². The molecule has 140 valence electrons. The normalized spacial score (nSPS) is 16.1. The van der Waals surface area contributed by atoms with Gasteiger partial charge in [0.05, 0.1) is 6.04 Å². The van der Waals surface area contributed by atoms with E-state index in [2.05, 4.69) is 37.2 Å². The molecule has 0 bridgehead atoms. The van der Waals surface area contributed by atoms with Crippen molar-refractivity contribution in [2.75, 3.05) is 11.9 Å². The molecule has 0 saturated heterocycles. The summed E-state index contributed by atoms with van der Waals surface area (Å²) < 4.78 is 1.70.